The van der Waals surface area contributed by atoms with Gasteiger partial charge in [-0.15, -0.1) is 0 Å². The molecule has 2 heterocycles. The van der Waals surface area contributed by atoms with Gasteiger partial charge in [-0.05, 0) is 82.7 Å². The van der Waals surface area contributed by atoms with Crippen LogP contribution in [-0.2, 0) is 6.42 Å². The van der Waals surface area contributed by atoms with Gasteiger partial charge in [0, 0.05) is 32.7 Å². The Morgan fingerprint density at radius 3 is 2.73 bits per heavy atom. The Labute approximate surface area is 182 Å². The standard InChI is InChI=1S/C24H40N4O2/c1-4-25-24(28-16-12-21(19-28)18-27-14-6-7-15-27)26-13-8-9-20-10-11-22(29-3)23(17-20)30-5-2/h10-11,17,21H,4-9,12-16,18-19H2,1-3H3,(H,25,26). The van der Waals surface area contributed by atoms with Crippen molar-refractivity contribution in [2.24, 2.45) is 10.9 Å². The summed E-state index contributed by atoms with van der Waals surface area (Å²) < 4.78 is 11.1. The molecule has 1 atom stereocenters. The van der Waals surface area contributed by atoms with E-state index in [0.717, 1.165) is 62.4 Å². The minimum Gasteiger partial charge on any atom is -0.493 e. The van der Waals surface area contributed by atoms with E-state index in [4.69, 9.17) is 14.5 Å². The Morgan fingerprint density at radius 2 is 2.00 bits per heavy atom. The van der Waals surface area contributed by atoms with Crippen LogP contribution in [0.1, 0.15) is 45.1 Å². The van der Waals surface area contributed by atoms with E-state index in [1.54, 1.807) is 7.11 Å². The summed E-state index contributed by atoms with van der Waals surface area (Å²) in [5, 5.41) is 3.50. The maximum Gasteiger partial charge on any atom is 0.193 e. The van der Waals surface area contributed by atoms with E-state index in [0.29, 0.717) is 6.61 Å². The van der Waals surface area contributed by atoms with Gasteiger partial charge in [-0.2, -0.15) is 0 Å². The molecule has 168 valence electrons. The van der Waals surface area contributed by atoms with E-state index in [1.807, 2.05) is 13.0 Å². The first-order valence-corrected chi connectivity index (χ1v) is 11.8. The number of hydrogen-bond acceptors (Lipinski definition) is 4. The van der Waals surface area contributed by atoms with Crippen LogP contribution in [0.3, 0.4) is 0 Å². The molecule has 2 aliphatic heterocycles. The highest BCUT2D eigenvalue weighted by Gasteiger charge is 2.27. The highest BCUT2D eigenvalue weighted by Crippen LogP contribution is 2.28. The molecule has 0 aliphatic carbocycles. The van der Waals surface area contributed by atoms with Gasteiger partial charge in [0.2, 0.25) is 0 Å². The second kappa shape index (κ2) is 12.0. The van der Waals surface area contributed by atoms with Crippen molar-refractivity contribution in [1.82, 2.24) is 15.1 Å². The molecule has 0 saturated carbocycles. The average Bonchev–Trinajstić information content (AvgIpc) is 3.43. The normalized spacial score (nSPS) is 20.0. The molecule has 0 spiro atoms. The molecule has 1 aromatic carbocycles. The van der Waals surface area contributed by atoms with Gasteiger partial charge in [0.15, 0.2) is 17.5 Å². The predicted octanol–water partition coefficient (Wildman–Crippen LogP) is 3.41. The lowest BCUT2D eigenvalue weighted by molar-refractivity contribution is 0.281. The molecule has 1 aromatic rings. The topological polar surface area (TPSA) is 49.3 Å². The van der Waals surface area contributed by atoms with E-state index in [-0.39, 0.29) is 0 Å². The van der Waals surface area contributed by atoms with Crippen LogP contribution in [-0.4, -0.2) is 75.3 Å². The van der Waals surface area contributed by atoms with Gasteiger partial charge in [0.05, 0.1) is 13.7 Å². The summed E-state index contributed by atoms with van der Waals surface area (Å²) in [7, 11) is 1.68. The molecule has 6 nitrogen and oxygen atoms in total. The van der Waals surface area contributed by atoms with Crippen molar-refractivity contribution in [2.45, 2.75) is 46.0 Å². The highest BCUT2D eigenvalue weighted by molar-refractivity contribution is 5.80. The number of likely N-dealkylation sites (tertiary alicyclic amines) is 2. The van der Waals surface area contributed by atoms with Crippen LogP contribution in [0, 0.1) is 5.92 Å². The van der Waals surface area contributed by atoms with Crippen LogP contribution >= 0.6 is 0 Å². The lowest BCUT2D eigenvalue weighted by Crippen LogP contribution is -2.40. The molecule has 2 aliphatic rings. The number of methoxy groups -OCH3 is 1. The summed E-state index contributed by atoms with van der Waals surface area (Å²) in [6.07, 6.45) is 6.05. The molecule has 2 saturated heterocycles. The van der Waals surface area contributed by atoms with Crippen LogP contribution in [0.2, 0.25) is 0 Å². The van der Waals surface area contributed by atoms with E-state index in [9.17, 15) is 0 Å². The minimum atomic E-state index is 0.644. The largest absolute Gasteiger partial charge is 0.493 e. The van der Waals surface area contributed by atoms with Crippen LogP contribution in [0.15, 0.2) is 23.2 Å². The van der Waals surface area contributed by atoms with Crippen molar-refractivity contribution >= 4 is 5.96 Å². The van der Waals surface area contributed by atoms with Gasteiger partial charge in [-0.25, -0.2) is 0 Å². The molecule has 6 heteroatoms. The average molecular weight is 417 g/mol. The van der Waals surface area contributed by atoms with Crippen molar-refractivity contribution < 1.29 is 9.47 Å². The fourth-order valence-electron chi connectivity index (χ4n) is 4.54. The number of benzene rings is 1. The van der Waals surface area contributed by atoms with Gasteiger partial charge in [0.1, 0.15) is 0 Å². The molecular weight excluding hydrogens is 376 g/mol. The Bertz CT molecular complexity index is 673. The second-order valence-corrected chi connectivity index (χ2v) is 8.37. The van der Waals surface area contributed by atoms with Crippen LogP contribution < -0.4 is 14.8 Å². The fraction of sp³-hybridized carbons (Fsp3) is 0.708. The molecule has 3 rings (SSSR count). The predicted molar refractivity (Wildman–Crippen MR) is 124 cm³/mol. The Morgan fingerprint density at radius 1 is 1.17 bits per heavy atom. The molecule has 0 aromatic heterocycles. The number of aryl methyl sites for hydroxylation is 1. The number of nitrogens with one attached hydrogen (secondary N) is 1. The van der Waals surface area contributed by atoms with Crippen LogP contribution in [0.25, 0.3) is 0 Å². The molecule has 0 bridgehead atoms. The number of aliphatic imine (C=N–C) groups is 1. The zero-order valence-corrected chi connectivity index (χ0v) is 19.2. The number of rotatable bonds is 10. The Balaban J connectivity index is 1.48. The van der Waals surface area contributed by atoms with Crippen molar-refractivity contribution in [1.29, 1.82) is 0 Å². The van der Waals surface area contributed by atoms with Crippen molar-refractivity contribution in [3.8, 4) is 11.5 Å². The van der Waals surface area contributed by atoms with Crippen LogP contribution in [0.4, 0.5) is 0 Å². The zero-order chi connectivity index (χ0) is 21.2. The smallest absolute Gasteiger partial charge is 0.193 e. The quantitative estimate of drug-likeness (QED) is 0.360. The first-order chi connectivity index (χ1) is 14.7. The summed E-state index contributed by atoms with van der Waals surface area (Å²) in [5.74, 6) is 3.50. The third kappa shape index (κ3) is 6.53. The number of ether oxygens (including phenoxy) is 2. The highest BCUT2D eigenvalue weighted by atomic mass is 16.5. The maximum atomic E-state index is 5.70. The second-order valence-electron chi connectivity index (χ2n) is 8.37. The van der Waals surface area contributed by atoms with E-state index < -0.39 is 0 Å². The molecule has 0 amide bonds. The van der Waals surface area contributed by atoms with Gasteiger partial charge in [-0.1, -0.05) is 6.07 Å². The molecule has 0 radical (unpaired) electrons. The van der Waals surface area contributed by atoms with Gasteiger partial charge >= 0.3 is 0 Å². The van der Waals surface area contributed by atoms with Crippen molar-refractivity contribution in [3.63, 3.8) is 0 Å². The van der Waals surface area contributed by atoms with Crippen molar-refractivity contribution in [3.05, 3.63) is 23.8 Å². The number of hydrogen-bond donors (Lipinski definition) is 1. The summed E-state index contributed by atoms with van der Waals surface area (Å²) in [6, 6.07) is 6.22. The third-order valence-electron chi connectivity index (χ3n) is 6.05. The lowest BCUT2D eigenvalue weighted by Gasteiger charge is -2.23. The summed E-state index contributed by atoms with van der Waals surface area (Å²) >= 11 is 0. The minimum absolute atomic E-state index is 0.644. The molecule has 1 unspecified atom stereocenters. The molecular formula is C24H40N4O2. The zero-order valence-electron chi connectivity index (χ0n) is 19.2. The maximum absolute atomic E-state index is 5.70. The van der Waals surface area contributed by atoms with Gasteiger partial charge < -0.3 is 24.6 Å². The van der Waals surface area contributed by atoms with E-state index in [2.05, 4.69) is 34.2 Å². The summed E-state index contributed by atoms with van der Waals surface area (Å²) in [6.45, 7) is 12.7. The monoisotopic (exact) mass is 416 g/mol. The first kappa shape index (κ1) is 22.7. The lowest BCUT2D eigenvalue weighted by atomic mass is 10.1. The van der Waals surface area contributed by atoms with Crippen LogP contribution in [0.5, 0.6) is 11.5 Å². The Kier molecular flexibility index (Phi) is 9.12. The fourth-order valence-corrected chi connectivity index (χ4v) is 4.54. The molecule has 2 fully saturated rings. The number of guanidine groups is 1. The third-order valence-corrected chi connectivity index (χ3v) is 6.05. The van der Waals surface area contributed by atoms with Gasteiger partial charge in [-0.3, -0.25) is 4.99 Å². The summed E-state index contributed by atoms with van der Waals surface area (Å²) in [4.78, 5) is 10.0. The van der Waals surface area contributed by atoms with Gasteiger partial charge in [0.25, 0.3) is 0 Å². The van der Waals surface area contributed by atoms with E-state index >= 15 is 0 Å². The van der Waals surface area contributed by atoms with E-state index in [1.165, 1.54) is 44.5 Å². The molecule has 1 N–H and O–H groups in total. The Hall–Kier alpha value is -1.95. The number of nitrogens with zero attached hydrogens (tertiary/aromatic N) is 3. The molecule has 30 heavy (non-hydrogen) atoms. The summed E-state index contributed by atoms with van der Waals surface area (Å²) in [5.41, 5.74) is 1.27. The first-order valence-electron chi connectivity index (χ1n) is 11.8. The van der Waals surface area contributed by atoms with Crippen molar-refractivity contribution in [2.75, 3.05) is 59.5 Å². The SMILES string of the molecule is CCNC(=NCCCc1ccc(OC)c(OCC)c1)N1CCC(CN2CCCC2)C1.